The Balaban J connectivity index is 1.61. The fraction of sp³-hybridized carbons (Fsp3) is 0.227. The maximum Gasteiger partial charge on any atom is 0.272 e. The molecule has 0 aliphatic carbocycles. The molecular weight excluding hydrogens is 368 g/mol. The topological polar surface area (TPSA) is 85.4 Å². The van der Waals surface area contributed by atoms with Crippen molar-refractivity contribution in [2.75, 3.05) is 19.5 Å². The number of benzene rings is 2. The lowest BCUT2D eigenvalue weighted by Crippen LogP contribution is -2.24. The highest BCUT2D eigenvalue weighted by Gasteiger charge is 2.10. The van der Waals surface area contributed by atoms with Gasteiger partial charge in [-0.1, -0.05) is 23.8 Å². The number of hydrogen-bond donors (Lipinski definition) is 2. The molecule has 0 aliphatic heterocycles. The van der Waals surface area contributed by atoms with E-state index in [4.69, 9.17) is 9.47 Å². The first-order chi connectivity index (χ1) is 14.0. The van der Waals surface area contributed by atoms with E-state index >= 15 is 0 Å². The Morgan fingerprint density at radius 1 is 0.931 bits per heavy atom. The number of carbonyl (C=O) groups is 1. The van der Waals surface area contributed by atoms with E-state index in [0.717, 1.165) is 16.8 Å². The second-order valence-electron chi connectivity index (χ2n) is 6.62. The molecule has 0 spiro atoms. The summed E-state index contributed by atoms with van der Waals surface area (Å²) in [5.41, 5.74) is 4.40. The summed E-state index contributed by atoms with van der Waals surface area (Å²) >= 11 is 0. The molecule has 1 amide bonds. The molecule has 7 nitrogen and oxygen atoms in total. The van der Waals surface area contributed by atoms with Crippen LogP contribution in [0.25, 0.3) is 0 Å². The van der Waals surface area contributed by atoms with Crippen LogP contribution in [0.3, 0.4) is 0 Å². The SMILES string of the molecule is COc1ccc(CNC(=O)c2ccc(Nc3ccc(C)cc3C)nn2)cc1OC. The number of rotatable bonds is 7. The smallest absolute Gasteiger partial charge is 0.272 e. The molecule has 1 aromatic heterocycles. The van der Waals surface area contributed by atoms with E-state index in [1.807, 2.05) is 38.1 Å². The van der Waals surface area contributed by atoms with Crippen molar-refractivity contribution in [1.29, 1.82) is 0 Å². The van der Waals surface area contributed by atoms with Crippen LogP contribution in [0.15, 0.2) is 48.5 Å². The third kappa shape index (κ3) is 5.01. The standard InChI is InChI=1S/C22H24N4O3/c1-14-5-7-17(15(2)11-14)24-21-10-8-18(25-26-21)22(27)23-13-16-6-9-19(28-3)20(12-16)29-4/h5-12H,13H2,1-4H3,(H,23,27)(H,24,26). The Morgan fingerprint density at radius 3 is 2.38 bits per heavy atom. The number of amides is 1. The average molecular weight is 392 g/mol. The van der Waals surface area contributed by atoms with Crippen molar-refractivity contribution in [1.82, 2.24) is 15.5 Å². The molecule has 7 heteroatoms. The molecule has 2 N–H and O–H groups in total. The minimum Gasteiger partial charge on any atom is -0.493 e. The van der Waals surface area contributed by atoms with Crippen molar-refractivity contribution in [3.05, 3.63) is 70.9 Å². The van der Waals surface area contributed by atoms with Crippen LogP contribution in [0, 0.1) is 13.8 Å². The molecule has 0 bridgehead atoms. The monoisotopic (exact) mass is 392 g/mol. The van der Waals surface area contributed by atoms with Gasteiger partial charge in [0, 0.05) is 12.2 Å². The third-order valence-electron chi connectivity index (χ3n) is 4.44. The van der Waals surface area contributed by atoms with Crippen molar-refractivity contribution < 1.29 is 14.3 Å². The van der Waals surface area contributed by atoms with Crippen LogP contribution in [-0.2, 0) is 6.54 Å². The molecule has 3 aromatic rings. The number of anilines is 2. The average Bonchev–Trinajstić information content (AvgIpc) is 2.74. The summed E-state index contributed by atoms with van der Waals surface area (Å²) in [5.74, 6) is 1.53. The van der Waals surface area contributed by atoms with E-state index in [1.54, 1.807) is 32.4 Å². The molecule has 150 valence electrons. The highest BCUT2D eigenvalue weighted by Crippen LogP contribution is 2.27. The van der Waals surface area contributed by atoms with E-state index in [2.05, 4.69) is 26.9 Å². The Bertz CT molecular complexity index is 1000. The van der Waals surface area contributed by atoms with Crippen molar-refractivity contribution in [2.24, 2.45) is 0 Å². The Kier molecular flexibility index (Phi) is 6.29. The van der Waals surface area contributed by atoms with Gasteiger partial charge in [0.05, 0.1) is 14.2 Å². The molecule has 0 aliphatic rings. The lowest BCUT2D eigenvalue weighted by molar-refractivity contribution is 0.0945. The predicted octanol–water partition coefficient (Wildman–Crippen LogP) is 3.78. The van der Waals surface area contributed by atoms with Crippen LogP contribution in [0.2, 0.25) is 0 Å². The molecule has 0 fully saturated rings. The van der Waals surface area contributed by atoms with E-state index in [1.165, 1.54) is 5.56 Å². The zero-order valence-corrected chi connectivity index (χ0v) is 16.9. The number of aryl methyl sites for hydroxylation is 2. The first-order valence-electron chi connectivity index (χ1n) is 9.17. The predicted molar refractivity (Wildman–Crippen MR) is 112 cm³/mol. The highest BCUT2D eigenvalue weighted by molar-refractivity contribution is 5.92. The fourth-order valence-electron chi connectivity index (χ4n) is 2.88. The number of nitrogens with zero attached hydrogens (tertiary/aromatic N) is 2. The summed E-state index contributed by atoms with van der Waals surface area (Å²) in [6.45, 7) is 4.41. The number of aromatic nitrogens is 2. The Labute approximate surface area is 170 Å². The van der Waals surface area contributed by atoms with Gasteiger partial charge < -0.3 is 20.1 Å². The largest absolute Gasteiger partial charge is 0.493 e. The van der Waals surface area contributed by atoms with Crippen LogP contribution < -0.4 is 20.1 Å². The second-order valence-corrected chi connectivity index (χ2v) is 6.62. The fourth-order valence-corrected chi connectivity index (χ4v) is 2.88. The third-order valence-corrected chi connectivity index (χ3v) is 4.44. The summed E-state index contributed by atoms with van der Waals surface area (Å²) in [7, 11) is 3.15. The number of methoxy groups -OCH3 is 2. The van der Waals surface area contributed by atoms with Crippen LogP contribution in [0.5, 0.6) is 11.5 Å². The van der Waals surface area contributed by atoms with Crippen molar-refractivity contribution in [2.45, 2.75) is 20.4 Å². The number of carbonyl (C=O) groups excluding carboxylic acids is 1. The minimum absolute atomic E-state index is 0.247. The van der Waals surface area contributed by atoms with Gasteiger partial charge >= 0.3 is 0 Å². The van der Waals surface area contributed by atoms with E-state index in [9.17, 15) is 4.79 Å². The van der Waals surface area contributed by atoms with E-state index in [0.29, 0.717) is 23.9 Å². The van der Waals surface area contributed by atoms with Gasteiger partial charge in [-0.25, -0.2) is 0 Å². The quantitative estimate of drug-likeness (QED) is 0.636. The minimum atomic E-state index is -0.301. The summed E-state index contributed by atoms with van der Waals surface area (Å²) in [6.07, 6.45) is 0. The van der Waals surface area contributed by atoms with Gasteiger partial charge in [0.2, 0.25) is 0 Å². The number of hydrogen-bond acceptors (Lipinski definition) is 6. The zero-order chi connectivity index (χ0) is 20.8. The van der Waals surface area contributed by atoms with Crippen LogP contribution in [0.4, 0.5) is 11.5 Å². The number of ether oxygens (including phenoxy) is 2. The summed E-state index contributed by atoms with van der Waals surface area (Å²) < 4.78 is 10.5. The van der Waals surface area contributed by atoms with Crippen LogP contribution >= 0.6 is 0 Å². The Hall–Kier alpha value is -3.61. The molecule has 29 heavy (non-hydrogen) atoms. The molecule has 0 atom stereocenters. The lowest BCUT2D eigenvalue weighted by Gasteiger charge is -2.11. The molecule has 2 aromatic carbocycles. The summed E-state index contributed by atoms with van der Waals surface area (Å²) in [5, 5.41) is 14.2. The van der Waals surface area contributed by atoms with E-state index in [-0.39, 0.29) is 11.6 Å². The van der Waals surface area contributed by atoms with Gasteiger partial charge in [-0.3, -0.25) is 4.79 Å². The lowest BCUT2D eigenvalue weighted by atomic mass is 10.1. The van der Waals surface area contributed by atoms with Gasteiger partial charge in [-0.15, -0.1) is 10.2 Å². The summed E-state index contributed by atoms with van der Waals surface area (Å²) in [4.78, 5) is 12.4. The second kappa shape index (κ2) is 9.05. The zero-order valence-electron chi connectivity index (χ0n) is 16.9. The first-order valence-corrected chi connectivity index (χ1v) is 9.17. The molecule has 1 heterocycles. The van der Waals surface area contributed by atoms with Gasteiger partial charge in [0.25, 0.3) is 5.91 Å². The van der Waals surface area contributed by atoms with Gasteiger partial charge in [0.15, 0.2) is 23.0 Å². The maximum atomic E-state index is 12.4. The maximum absolute atomic E-state index is 12.4. The van der Waals surface area contributed by atoms with Gasteiger partial charge in [-0.2, -0.15) is 0 Å². The molecule has 3 rings (SSSR count). The van der Waals surface area contributed by atoms with Crippen LogP contribution in [-0.4, -0.2) is 30.3 Å². The van der Waals surface area contributed by atoms with Gasteiger partial charge in [0.1, 0.15) is 0 Å². The summed E-state index contributed by atoms with van der Waals surface area (Å²) in [6, 6.07) is 15.0. The molecule has 0 saturated heterocycles. The molecule has 0 radical (unpaired) electrons. The normalized spacial score (nSPS) is 10.3. The van der Waals surface area contributed by atoms with Crippen LogP contribution in [0.1, 0.15) is 27.2 Å². The highest BCUT2D eigenvalue weighted by atomic mass is 16.5. The Morgan fingerprint density at radius 2 is 1.72 bits per heavy atom. The first kappa shape index (κ1) is 20.1. The molecule has 0 saturated carbocycles. The molecule has 0 unspecified atom stereocenters. The van der Waals surface area contributed by atoms with Crippen molar-refractivity contribution >= 4 is 17.4 Å². The van der Waals surface area contributed by atoms with Gasteiger partial charge in [-0.05, 0) is 55.3 Å². The number of nitrogens with one attached hydrogen (secondary N) is 2. The van der Waals surface area contributed by atoms with E-state index < -0.39 is 0 Å². The van der Waals surface area contributed by atoms with Crippen molar-refractivity contribution in [3.8, 4) is 11.5 Å². The van der Waals surface area contributed by atoms with Crippen molar-refractivity contribution in [3.63, 3.8) is 0 Å². The molecular formula is C22H24N4O3.